The molecule has 0 fully saturated rings. The molecule has 3 rings (SSSR count). The van der Waals surface area contributed by atoms with Crippen molar-refractivity contribution in [2.24, 2.45) is 5.10 Å². The number of benzene rings is 2. The molecule has 0 saturated heterocycles. The smallest absolute Gasteiger partial charge is 0.243 e. The van der Waals surface area contributed by atoms with E-state index < -0.39 is 6.23 Å². The largest absolute Gasteiger partial charge is 0.497 e. The van der Waals surface area contributed by atoms with Crippen LogP contribution in [0.4, 0.5) is 0 Å². The monoisotopic (exact) mass is 330 g/mol. The number of methoxy groups -OCH3 is 1. The molecule has 0 radical (unpaired) electrons. The summed E-state index contributed by atoms with van der Waals surface area (Å²) in [5.74, 6) is 0.924. The lowest BCUT2D eigenvalue weighted by atomic mass is 10.2. The number of carbonyl (C=O) groups excluding carboxylic acids is 1. The van der Waals surface area contributed by atoms with Gasteiger partial charge in [0.2, 0.25) is 18.0 Å². The van der Waals surface area contributed by atoms with E-state index in [1.54, 1.807) is 31.4 Å². The summed E-state index contributed by atoms with van der Waals surface area (Å²) in [5.41, 5.74) is 1.57. The van der Waals surface area contributed by atoms with Crippen molar-refractivity contribution < 1.29 is 14.3 Å². The van der Waals surface area contributed by atoms with Gasteiger partial charge in [0.25, 0.3) is 0 Å². The molecule has 1 amide bonds. The highest BCUT2D eigenvalue weighted by Gasteiger charge is 2.32. The van der Waals surface area contributed by atoms with Crippen molar-refractivity contribution in [1.29, 1.82) is 0 Å². The SMILES string of the molecule is COc1ccc(C2OC(c3ccc(Cl)cc3)=NN2C(C)=O)cc1. The van der Waals surface area contributed by atoms with E-state index in [0.29, 0.717) is 10.9 Å². The number of hydrogen-bond donors (Lipinski definition) is 0. The van der Waals surface area contributed by atoms with Gasteiger partial charge in [-0.05, 0) is 48.5 Å². The molecule has 6 heteroatoms. The third kappa shape index (κ3) is 3.14. The second-order valence-electron chi connectivity index (χ2n) is 5.02. The molecule has 0 aliphatic carbocycles. The minimum Gasteiger partial charge on any atom is -0.497 e. The number of halogens is 1. The number of nitrogens with zero attached hydrogens (tertiary/aromatic N) is 2. The van der Waals surface area contributed by atoms with Crippen LogP contribution in [0, 0.1) is 0 Å². The molecule has 0 spiro atoms. The maximum atomic E-state index is 11.9. The molecule has 1 atom stereocenters. The van der Waals surface area contributed by atoms with E-state index in [-0.39, 0.29) is 5.91 Å². The lowest BCUT2D eigenvalue weighted by Crippen LogP contribution is -2.25. The third-order valence-corrected chi connectivity index (χ3v) is 3.71. The second kappa shape index (κ2) is 6.30. The summed E-state index contributed by atoms with van der Waals surface area (Å²) in [5, 5.41) is 6.24. The number of hydrazone groups is 1. The molecular weight excluding hydrogens is 316 g/mol. The van der Waals surface area contributed by atoms with Crippen molar-refractivity contribution in [3.8, 4) is 5.75 Å². The van der Waals surface area contributed by atoms with Crippen LogP contribution in [0.5, 0.6) is 5.75 Å². The molecule has 2 aromatic rings. The molecule has 0 bridgehead atoms. The Kier molecular flexibility index (Phi) is 4.21. The molecule has 118 valence electrons. The number of hydrogen-bond acceptors (Lipinski definition) is 4. The first-order chi connectivity index (χ1) is 11.1. The Labute approximate surface area is 139 Å². The zero-order valence-corrected chi connectivity index (χ0v) is 13.4. The summed E-state index contributed by atoms with van der Waals surface area (Å²) < 4.78 is 11.0. The lowest BCUT2D eigenvalue weighted by Gasteiger charge is -2.19. The fraction of sp³-hybridized carbons (Fsp3) is 0.176. The fourth-order valence-corrected chi connectivity index (χ4v) is 2.39. The zero-order chi connectivity index (χ0) is 16.4. The van der Waals surface area contributed by atoms with Crippen LogP contribution in [0.1, 0.15) is 24.3 Å². The average molecular weight is 331 g/mol. The van der Waals surface area contributed by atoms with Crippen LogP contribution in [0.2, 0.25) is 5.02 Å². The summed E-state index contributed by atoms with van der Waals surface area (Å²) in [6.07, 6.45) is -0.593. The highest BCUT2D eigenvalue weighted by molar-refractivity contribution is 6.30. The standard InChI is InChI=1S/C17H15ClN2O3/c1-11(21)20-17(13-5-9-15(22-2)10-6-13)23-16(19-20)12-3-7-14(18)8-4-12/h3-10,17H,1-2H3. The second-order valence-corrected chi connectivity index (χ2v) is 5.46. The van der Waals surface area contributed by atoms with E-state index in [4.69, 9.17) is 21.1 Å². The summed E-state index contributed by atoms with van der Waals surface area (Å²) in [4.78, 5) is 11.9. The van der Waals surface area contributed by atoms with Gasteiger partial charge in [-0.2, -0.15) is 5.01 Å². The van der Waals surface area contributed by atoms with E-state index >= 15 is 0 Å². The maximum absolute atomic E-state index is 11.9. The van der Waals surface area contributed by atoms with Crippen LogP contribution in [0.3, 0.4) is 0 Å². The Hall–Kier alpha value is -2.53. The molecule has 1 heterocycles. The Bertz CT molecular complexity index is 741. The number of ether oxygens (including phenoxy) is 2. The topological polar surface area (TPSA) is 51.1 Å². The Morgan fingerprint density at radius 2 is 1.83 bits per heavy atom. The molecule has 1 aliphatic heterocycles. The Balaban J connectivity index is 1.90. The van der Waals surface area contributed by atoms with E-state index in [1.807, 2.05) is 24.3 Å². The van der Waals surface area contributed by atoms with Crippen LogP contribution >= 0.6 is 11.6 Å². The first kappa shape index (κ1) is 15.4. The van der Waals surface area contributed by atoms with Crippen molar-refractivity contribution in [1.82, 2.24) is 5.01 Å². The van der Waals surface area contributed by atoms with Crippen molar-refractivity contribution in [2.45, 2.75) is 13.2 Å². The first-order valence-corrected chi connectivity index (χ1v) is 7.41. The van der Waals surface area contributed by atoms with Gasteiger partial charge in [-0.1, -0.05) is 11.6 Å². The predicted octanol–water partition coefficient (Wildman–Crippen LogP) is 3.59. The third-order valence-electron chi connectivity index (χ3n) is 3.46. The highest BCUT2D eigenvalue weighted by Crippen LogP contribution is 2.31. The molecular formula is C17H15ClN2O3. The molecule has 1 unspecified atom stereocenters. The molecule has 2 aromatic carbocycles. The molecule has 1 aliphatic rings. The zero-order valence-electron chi connectivity index (χ0n) is 12.7. The molecule has 0 saturated carbocycles. The quantitative estimate of drug-likeness (QED) is 0.864. The van der Waals surface area contributed by atoms with Crippen LogP contribution in [-0.2, 0) is 9.53 Å². The molecule has 0 aromatic heterocycles. The van der Waals surface area contributed by atoms with Crippen molar-refractivity contribution in [2.75, 3.05) is 7.11 Å². The highest BCUT2D eigenvalue weighted by atomic mass is 35.5. The van der Waals surface area contributed by atoms with Crippen molar-refractivity contribution in [3.05, 3.63) is 64.7 Å². The summed E-state index contributed by atoms with van der Waals surface area (Å²) in [6.45, 7) is 1.45. The summed E-state index contributed by atoms with van der Waals surface area (Å²) in [7, 11) is 1.60. The number of rotatable bonds is 3. The van der Waals surface area contributed by atoms with Gasteiger partial charge in [-0.15, -0.1) is 5.10 Å². The minimum absolute atomic E-state index is 0.199. The van der Waals surface area contributed by atoms with Crippen molar-refractivity contribution >= 4 is 23.4 Å². The van der Waals surface area contributed by atoms with Crippen LogP contribution in [0.25, 0.3) is 0 Å². The van der Waals surface area contributed by atoms with Gasteiger partial charge in [-0.25, -0.2) is 0 Å². The fourth-order valence-electron chi connectivity index (χ4n) is 2.26. The normalized spacial score (nSPS) is 16.7. The first-order valence-electron chi connectivity index (χ1n) is 7.03. The van der Waals surface area contributed by atoms with Crippen molar-refractivity contribution in [3.63, 3.8) is 0 Å². The van der Waals surface area contributed by atoms with Gasteiger partial charge in [0.15, 0.2) is 0 Å². The lowest BCUT2D eigenvalue weighted by molar-refractivity contribution is -0.135. The van der Waals surface area contributed by atoms with Gasteiger partial charge >= 0.3 is 0 Å². The van der Waals surface area contributed by atoms with Gasteiger partial charge in [0.1, 0.15) is 5.75 Å². The van der Waals surface area contributed by atoms with E-state index in [0.717, 1.165) is 16.9 Å². The van der Waals surface area contributed by atoms with E-state index in [1.165, 1.54) is 11.9 Å². The van der Waals surface area contributed by atoms with Gasteiger partial charge in [0.05, 0.1) is 7.11 Å². The van der Waals surface area contributed by atoms with Crippen LogP contribution in [0.15, 0.2) is 53.6 Å². The van der Waals surface area contributed by atoms with Crippen LogP contribution in [-0.4, -0.2) is 23.9 Å². The Morgan fingerprint density at radius 3 is 2.39 bits per heavy atom. The van der Waals surface area contributed by atoms with E-state index in [2.05, 4.69) is 5.10 Å². The van der Waals surface area contributed by atoms with Crippen LogP contribution < -0.4 is 4.74 Å². The minimum atomic E-state index is -0.593. The molecule has 23 heavy (non-hydrogen) atoms. The number of carbonyl (C=O) groups is 1. The average Bonchev–Trinajstić information content (AvgIpc) is 3.01. The van der Waals surface area contributed by atoms with Gasteiger partial charge in [-0.3, -0.25) is 4.79 Å². The van der Waals surface area contributed by atoms with E-state index in [9.17, 15) is 4.79 Å². The predicted molar refractivity (Wildman–Crippen MR) is 87.3 cm³/mol. The van der Waals surface area contributed by atoms with Gasteiger partial charge < -0.3 is 9.47 Å². The molecule has 5 nitrogen and oxygen atoms in total. The Morgan fingerprint density at radius 1 is 1.17 bits per heavy atom. The van der Waals surface area contributed by atoms with Gasteiger partial charge in [0, 0.05) is 23.1 Å². The summed E-state index contributed by atoms with van der Waals surface area (Å²) >= 11 is 5.89. The summed E-state index contributed by atoms with van der Waals surface area (Å²) in [6, 6.07) is 14.4. The molecule has 0 N–H and O–H groups in total. The number of amides is 1. The maximum Gasteiger partial charge on any atom is 0.243 e.